The van der Waals surface area contributed by atoms with Crippen molar-refractivity contribution >= 4 is 21.8 Å². The number of nitrogens with one attached hydrogen (secondary N) is 1. The van der Waals surface area contributed by atoms with Crippen LogP contribution in [0.3, 0.4) is 0 Å². The quantitative estimate of drug-likeness (QED) is 0.924. The van der Waals surface area contributed by atoms with Gasteiger partial charge in [0.1, 0.15) is 0 Å². The SMILES string of the molecule is CC(CN1CCCCC1)NC(=O)c1cncc(Br)c1. The lowest BCUT2D eigenvalue weighted by atomic mass is 10.1. The van der Waals surface area contributed by atoms with Gasteiger partial charge in [-0.05, 0) is 54.9 Å². The van der Waals surface area contributed by atoms with Gasteiger partial charge in [-0.2, -0.15) is 0 Å². The van der Waals surface area contributed by atoms with E-state index in [9.17, 15) is 4.79 Å². The van der Waals surface area contributed by atoms with Crippen LogP contribution in [-0.2, 0) is 0 Å². The summed E-state index contributed by atoms with van der Waals surface area (Å²) in [5.74, 6) is -0.0571. The number of hydrogen-bond donors (Lipinski definition) is 1. The minimum atomic E-state index is -0.0571. The number of aromatic nitrogens is 1. The van der Waals surface area contributed by atoms with Crippen molar-refractivity contribution in [1.82, 2.24) is 15.2 Å². The zero-order chi connectivity index (χ0) is 13.7. The number of carbonyl (C=O) groups is 1. The van der Waals surface area contributed by atoms with Crippen LogP contribution < -0.4 is 5.32 Å². The minimum absolute atomic E-state index is 0.0571. The van der Waals surface area contributed by atoms with Crippen molar-refractivity contribution in [2.45, 2.75) is 32.2 Å². The first-order valence-corrected chi connectivity index (χ1v) is 7.58. The average molecular weight is 326 g/mol. The van der Waals surface area contributed by atoms with E-state index in [1.165, 1.54) is 19.3 Å². The summed E-state index contributed by atoms with van der Waals surface area (Å²) >= 11 is 3.33. The van der Waals surface area contributed by atoms with E-state index in [4.69, 9.17) is 0 Å². The highest BCUT2D eigenvalue weighted by Crippen LogP contribution is 2.11. The standard InChI is InChI=1S/C14H20BrN3O/c1-11(10-18-5-3-2-4-6-18)17-14(19)12-7-13(15)9-16-8-12/h7-9,11H,2-6,10H2,1H3,(H,17,19). The molecule has 0 aromatic carbocycles. The zero-order valence-electron chi connectivity index (χ0n) is 11.2. The Balaban J connectivity index is 1.84. The highest BCUT2D eigenvalue weighted by molar-refractivity contribution is 9.10. The molecule has 1 unspecified atom stereocenters. The number of amides is 1. The third-order valence-corrected chi connectivity index (χ3v) is 3.76. The first-order chi connectivity index (χ1) is 9.15. The van der Waals surface area contributed by atoms with Crippen molar-refractivity contribution in [3.05, 3.63) is 28.5 Å². The van der Waals surface area contributed by atoms with Gasteiger partial charge in [0.15, 0.2) is 0 Å². The van der Waals surface area contributed by atoms with Crippen LogP contribution in [0.15, 0.2) is 22.9 Å². The highest BCUT2D eigenvalue weighted by atomic mass is 79.9. The van der Waals surface area contributed by atoms with Crippen molar-refractivity contribution in [2.75, 3.05) is 19.6 Å². The van der Waals surface area contributed by atoms with Gasteiger partial charge in [0.25, 0.3) is 5.91 Å². The number of halogens is 1. The van der Waals surface area contributed by atoms with E-state index >= 15 is 0 Å². The van der Waals surface area contributed by atoms with E-state index in [1.54, 1.807) is 18.5 Å². The number of rotatable bonds is 4. The molecule has 104 valence electrons. The molecule has 1 N–H and O–H groups in total. The van der Waals surface area contributed by atoms with E-state index in [1.807, 2.05) is 0 Å². The number of piperidine rings is 1. The van der Waals surface area contributed by atoms with Gasteiger partial charge in [0, 0.05) is 29.5 Å². The second kappa shape index (κ2) is 7.01. The zero-order valence-corrected chi connectivity index (χ0v) is 12.8. The molecule has 1 aromatic heterocycles. The third-order valence-electron chi connectivity index (χ3n) is 3.33. The van der Waals surface area contributed by atoms with Crippen LogP contribution in [0.4, 0.5) is 0 Å². The Bertz CT molecular complexity index is 432. The van der Waals surface area contributed by atoms with Gasteiger partial charge in [-0.1, -0.05) is 6.42 Å². The molecule has 2 rings (SSSR count). The van der Waals surface area contributed by atoms with Gasteiger partial charge < -0.3 is 10.2 Å². The topological polar surface area (TPSA) is 45.2 Å². The molecule has 0 spiro atoms. The van der Waals surface area contributed by atoms with E-state index in [0.717, 1.165) is 24.1 Å². The molecule has 4 nitrogen and oxygen atoms in total. The molecule has 1 amide bonds. The fourth-order valence-corrected chi connectivity index (χ4v) is 2.78. The van der Waals surface area contributed by atoms with Crippen LogP contribution in [0.2, 0.25) is 0 Å². The summed E-state index contributed by atoms with van der Waals surface area (Å²) in [6.45, 7) is 5.28. The predicted molar refractivity (Wildman–Crippen MR) is 79.2 cm³/mol. The van der Waals surface area contributed by atoms with Crippen LogP contribution >= 0.6 is 15.9 Å². The summed E-state index contributed by atoms with van der Waals surface area (Å²) in [5, 5.41) is 3.03. The van der Waals surface area contributed by atoms with Crippen LogP contribution in [0.5, 0.6) is 0 Å². The van der Waals surface area contributed by atoms with Gasteiger partial charge >= 0.3 is 0 Å². The number of hydrogen-bond acceptors (Lipinski definition) is 3. The largest absolute Gasteiger partial charge is 0.348 e. The fraction of sp³-hybridized carbons (Fsp3) is 0.571. The molecule has 19 heavy (non-hydrogen) atoms. The normalized spacial score (nSPS) is 18.0. The molecule has 2 heterocycles. The molecular formula is C14H20BrN3O. The fourth-order valence-electron chi connectivity index (χ4n) is 2.42. The summed E-state index contributed by atoms with van der Waals surface area (Å²) in [5.41, 5.74) is 0.597. The Morgan fingerprint density at radius 3 is 2.84 bits per heavy atom. The lowest BCUT2D eigenvalue weighted by Gasteiger charge is -2.29. The van der Waals surface area contributed by atoms with Crippen LogP contribution in [0, 0.1) is 0 Å². The molecule has 1 aliphatic heterocycles. The molecule has 0 saturated carbocycles. The molecular weight excluding hydrogens is 306 g/mol. The molecule has 0 radical (unpaired) electrons. The second-order valence-electron chi connectivity index (χ2n) is 5.13. The first-order valence-electron chi connectivity index (χ1n) is 6.79. The number of likely N-dealkylation sites (tertiary alicyclic amines) is 1. The summed E-state index contributed by atoms with van der Waals surface area (Å²) in [4.78, 5) is 18.5. The van der Waals surface area contributed by atoms with Gasteiger partial charge in [0.05, 0.1) is 5.56 Å². The molecule has 1 fully saturated rings. The number of pyridine rings is 1. The summed E-state index contributed by atoms with van der Waals surface area (Å²) in [6, 6.07) is 1.94. The van der Waals surface area contributed by atoms with Gasteiger partial charge in [0.2, 0.25) is 0 Å². The summed E-state index contributed by atoms with van der Waals surface area (Å²) < 4.78 is 0.823. The smallest absolute Gasteiger partial charge is 0.253 e. The van der Waals surface area contributed by atoms with Crippen LogP contribution in [0.1, 0.15) is 36.5 Å². The Morgan fingerprint density at radius 2 is 2.16 bits per heavy atom. The Labute approximate surface area is 122 Å². The number of carbonyl (C=O) groups excluding carboxylic acids is 1. The predicted octanol–water partition coefficient (Wildman–Crippen LogP) is 2.45. The molecule has 1 saturated heterocycles. The van der Waals surface area contributed by atoms with Gasteiger partial charge in [-0.3, -0.25) is 9.78 Å². The van der Waals surface area contributed by atoms with Crippen molar-refractivity contribution in [2.24, 2.45) is 0 Å². The highest BCUT2D eigenvalue weighted by Gasteiger charge is 2.15. The molecule has 1 atom stereocenters. The van der Waals surface area contributed by atoms with Gasteiger partial charge in [-0.25, -0.2) is 0 Å². The number of nitrogens with zero attached hydrogens (tertiary/aromatic N) is 2. The Morgan fingerprint density at radius 1 is 1.42 bits per heavy atom. The lowest BCUT2D eigenvalue weighted by Crippen LogP contribution is -2.43. The van der Waals surface area contributed by atoms with Crippen molar-refractivity contribution in [3.63, 3.8) is 0 Å². The maximum Gasteiger partial charge on any atom is 0.253 e. The van der Waals surface area contributed by atoms with Crippen molar-refractivity contribution < 1.29 is 4.79 Å². The monoisotopic (exact) mass is 325 g/mol. The molecule has 0 aliphatic carbocycles. The van der Waals surface area contributed by atoms with Gasteiger partial charge in [-0.15, -0.1) is 0 Å². The Hall–Kier alpha value is -0.940. The van der Waals surface area contributed by atoms with E-state index in [0.29, 0.717) is 5.56 Å². The maximum absolute atomic E-state index is 12.1. The van der Waals surface area contributed by atoms with Crippen molar-refractivity contribution in [1.29, 1.82) is 0 Å². The van der Waals surface area contributed by atoms with Crippen LogP contribution in [0.25, 0.3) is 0 Å². The molecule has 5 heteroatoms. The van der Waals surface area contributed by atoms with Crippen molar-refractivity contribution in [3.8, 4) is 0 Å². The second-order valence-corrected chi connectivity index (χ2v) is 6.04. The molecule has 1 aromatic rings. The van der Waals surface area contributed by atoms with E-state index < -0.39 is 0 Å². The summed E-state index contributed by atoms with van der Waals surface area (Å²) in [7, 11) is 0. The Kier molecular flexibility index (Phi) is 5.34. The summed E-state index contributed by atoms with van der Waals surface area (Å²) in [6.07, 6.45) is 7.15. The maximum atomic E-state index is 12.1. The molecule has 0 bridgehead atoms. The lowest BCUT2D eigenvalue weighted by molar-refractivity contribution is 0.0925. The average Bonchev–Trinajstić information content (AvgIpc) is 2.39. The minimum Gasteiger partial charge on any atom is -0.348 e. The van der Waals surface area contributed by atoms with E-state index in [-0.39, 0.29) is 11.9 Å². The van der Waals surface area contributed by atoms with Crippen LogP contribution in [-0.4, -0.2) is 41.5 Å². The third kappa shape index (κ3) is 4.58. The first kappa shape index (κ1) is 14.5. The van der Waals surface area contributed by atoms with E-state index in [2.05, 4.69) is 38.1 Å². The molecule has 1 aliphatic rings.